The van der Waals surface area contributed by atoms with E-state index >= 15 is 0 Å². The van der Waals surface area contributed by atoms with Gasteiger partial charge in [-0.1, -0.05) is 30.3 Å². The third-order valence-electron chi connectivity index (χ3n) is 5.14. The Morgan fingerprint density at radius 2 is 1.62 bits per heavy atom. The van der Waals surface area contributed by atoms with Gasteiger partial charge in [0.05, 0.1) is 25.9 Å². The van der Waals surface area contributed by atoms with Crippen LogP contribution in [0.4, 0.5) is 0 Å². The summed E-state index contributed by atoms with van der Waals surface area (Å²) in [7, 11) is 2.95. The third-order valence-corrected chi connectivity index (χ3v) is 5.14. The zero-order valence-corrected chi connectivity index (χ0v) is 16.8. The molecule has 0 aliphatic heterocycles. The van der Waals surface area contributed by atoms with E-state index in [2.05, 4.69) is 4.74 Å². The minimum Gasteiger partial charge on any atom is -0.496 e. The molecule has 5 nitrogen and oxygen atoms in total. The number of aliphatic hydroxyl groups is 1. The number of methoxy groups -OCH3 is 2. The maximum atomic E-state index is 12.4. The summed E-state index contributed by atoms with van der Waals surface area (Å²) in [6.07, 6.45) is -0.233. The SMILES string of the molecule is COC(=O)c1ccc(C(=O)CCC(O)c2ccc3ccc(OC)c(C)c3c2)cc1. The van der Waals surface area contributed by atoms with E-state index in [1.165, 1.54) is 7.11 Å². The van der Waals surface area contributed by atoms with Crippen molar-refractivity contribution in [1.82, 2.24) is 0 Å². The Labute approximate surface area is 169 Å². The smallest absolute Gasteiger partial charge is 0.337 e. The number of carbonyl (C=O) groups excluding carboxylic acids is 2. The average molecular weight is 392 g/mol. The molecule has 1 atom stereocenters. The van der Waals surface area contributed by atoms with Crippen LogP contribution in [-0.4, -0.2) is 31.1 Å². The van der Waals surface area contributed by atoms with Crippen LogP contribution in [0.5, 0.6) is 5.75 Å². The Hall–Kier alpha value is -3.18. The summed E-state index contributed by atoms with van der Waals surface area (Å²) in [5, 5.41) is 12.7. The Balaban J connectivity index is 1.70. The van der Waals surface area contributed by atoms with Gasteiger partial charge < -0.3 is 14.6 Å². The molecule has 0 aliphatic rings. The molecular weight excluding hydrogens is 368 g/mol. The molecule has 0 saturated heterocycles. The number of esters is 1. The fourth-order valence-corrected chi connectivity index (χ4v) is 3.38. The number of benzene rings is 3. The lowest BCUT2D eigenvalue weighted by molar-refractivity contribution is 0.0600. The van der Waals surface area contributed by atoms with Crippen LogP contribution < -0.4 is 4.74 Å². The first-order valence-corrected chi connectivity index (χ1v) is 9.41. The van der Waals surface area contributed by atoms with Crippen molar-refractivity contribution in [1.29, 1.82) is 0 Å². The second-order valence-electron chi connectivity index (χ2n) is 6.92. The normalized spacial score (nSPS) is 11.9. The minimum absolute atomic E-state index is 0.0842. The summed E-state index contributed by atoms with van der Waals surface area (Å²) in [4.78, 5) is 23.9. The number of hydrogen-bond donors (Lipinski definition) is 1. The molecule has 0 radical (unpaired) electrons. The second kappa shape index (κ2) is 8.88. The highest BCUT2D eigenvalue weighted by Crippen LogP contribution is 2.30. The van der Waals surface area contributed by atoms with Crippen LogP contribution in [0.2, 0.25) is 0 Å². The van der Waals surface area contributed by atoms with E-state index in [-0.39, 0.29) is 12.2 Å². The molecule has 0 saturated carbocycles. The van der Waals surface area contributed by atoms with E-state index in [4.69, 9.17) is 4.74 Å². The predicted molar refractivity (Wildman–Crippen MR) is 112 cm³/mol. The van der Waals surface area contributed by atoms with Crippen molar-refractivity contribution in [2.45, 2.75) is 25.9 Å². The highest BCUT2D eigenvalue weighted by molar-refractivity contribution is 5.97. The maximum Gasteiger partial charge on any atom is 0.337 e. The van der Waals surface area contributed by atoms with Gasteiger partial charge in [0, 0.05) is 12.0 Å². The van der Waals surface area contributed by atoms with Gasteiger partial charge in [-0.05, 0) is 59.5 Å². The molecule has 0 aromatic heterocycles. The number of aliphatic hydroxyl groups excluding tert-OH is 1. The molecule has 5 heteroatoms. The summed E-state index contributed by atoms with van der Waals surface area (Å²) in [5.74, 6) is 0.275. The zero-order valence-electron chi connectivity index (χ0n) is 16.8. The van der Waals surface area contributed by atoms with Crippen LogP contribution in [0.1, 0.15) is 50.8 Å². The van der Waals surface area contributed by atoms with Crippen molar-refractivity contribution in [3.8, 4) is 5.75 Å². The summed E-state index contributed by atoms with van der Waals surface area (Å²) in [6.45, 7) is 1.98. The van der Waals surface area contributed by atoms with Crippen LogP contribution in [0, 0.1) is 6.92 Å². The minimum atomic E-state index is -0.747. The Morgan fingerprint density at radius 1 is 0.966 bits per heavy atom. The summed E-state index contributed by atoms with van der Waals surface area (Å²) >= 11 is 0. The number of ketones is 1. The number of Topliss-reactive ketones (excluding diaryl/α,β-unsaturated/α-hetero) is 1. The van der Waals surface area contributed by atoms with E-state index in [0.717, 1.165) is 27.6 Å². The first kappa shape index (κ1) is 20.6. The van der Waals surface area contributed by atoms with E-state index in [9.17, 15) is 14.7 Å². The molecule has 3 aromatic rings. The summed E-state index contributed by atoms with van der Waals surface area (Å²) in [5.41, 5.74) is 2.68. The van der Waals surface area contributed by atoms with Gasteiger partial charge in [-0.25, -0.2) is 4.79 Å². The van der Waals surface area contributed by atoms with Crippen molar-refractivity contribution in [2.75, 3.05) is 14.2 Å². The predicted octanol–water partition coefficient (Wildman–Crippen LogP) is 4.64. The van der Waals surface area contributed by atoms with Gasteiger partial charge in [0.25, 0.3) is 0 Å². The van der Waals surface area contributed by atoms with Crippen LogP contribution in [0.15, 0.2) is 54.6 Å². The molecule has 3 aromatic carbocycles. The van der Waals surface area contributed by atoms with Crippen molar-refractivity contribution in [3.63, 3.8) is 0 Å². The largest absolute Gasteiger partial charge is 0.496 e. The number of fused-ring (bicyclic) bond motifs is 1. The topological polar surface area (TPSA) is 72.8 Å². The molecule has 0 amide bonds. The standard InChI is InChI=1S/C24H24O5/c1-15-20-14-19(9-4-16(20)10-13-23(15)28-2)22(26)12-11-21(25)17-5-7-18(8-6-17)24(27)29-3/h4-10,13-14,22,26H,11-12H2,1-3H3. The molecule has 1 N–H and O–H groups in total. The highest BCUT2D eigenvalue weighted by atomic mass is 16.5. The van der Waals surface area contributed by atoms with Crippen molar-refractivity contribution < 1.29 is 24.2 Å². The number of rotatable bonds is 7. The van der Waals surface area contributed by atoms with E-state index in [1.807, 2.05) is 37.3 Å². The Kier molecular flexibility index (Phi) is 6.29. The Morgan fingerprint density at radius 3 is 2.28 bits per heavy atom. The van der Waals surface area contributed by atoms with Crippen molar-refractivity contribution in [2.24, 2.45) is 0 Å². The van der Waals surface area contributed by atoms with E-state index in [1.54, 1.807) is 31.4 Å². The van der Waals surface area contributed by atoms with Gasteiger partial charge in [-0.2, -0.15) is 0 Å². The second-order valence-corrected chi connectivity index (χ2v) is 6.92. The maximum absolute atomic E-state index is 12.4. The Bertz CT molecular complexity index is 1040. The lowest BCUT2D eigenvalue weighted by atomic mass is 9.96. The molecule has 1 unspecified atom stereocenters. The first-order valence-electron chi connectivity index (χ1n) is 9.41. The molecule has 150 valence electrons. The fraction of sp³-hybridized carbons (Fsp3) is 0.250. The molecule has 0 bridgehead atoms. The van der Waals surface area contributed by atoms with Crippen LogP contribution in [0.25, 0.3) is 10.8 Å². The number of ether oxygens (including phenoxy) is 2. The number of carbonyl (C=O) groups is 2. The quantitative estimate of drug-likeness (QED) is 0.468. The third kappa shape index (κ3) is 4.46. The average Bonchev–Trinajstić information content (AvgIpc) is 2.77. The van der Waals surface area contributed by atoms with Gasteiger partial charge in [0.15, 0.2) is 5.78 Å². The highest BCUT2D eigenvalue weighted by Gasteiger charge is 2.14. The molecule has 3 rings (SSSR count). The van der Waals surface area contributed by atoms with Crippen LogP contribution in [-0.2, 0) is 4.74 Å². The summed E-state index contributed by atoms with van der Waals surface area (Å²) in [6, 6.07) is 16.1. The summed E-state index contributed by atoms with van der Waals surface area (Å²) < 4.78 is 10.0. The van der Waals surface area contributed by atoms with Crippen molar-refractivity contribution in [3.05, 3.63) is 76.9 Å². The van der Waals surface area contributed by atoms with Gasteiger partial charge in [0.2, 0.25) is 0 Å². The molecule has 29 heavy (non-hydrogen) atoms. The van der Waals surface area contributed by atoms with Crippen LogP contribution in [0.3, 0.4) is 0 Å². The van der Waals surface area contributed by atoms with E-state index < -0.39 is 12.1 Å². The monoisotopic (exact) mass is 392 g/mol. The van der Waals surface area contributed by atoms with Crippen LogP contribution >= 0.6 is 0 Å². The number of hydrogen-bond acceptors (Lipinski definition) is 5. The zero-order chi connectivity index (χ0) is 21.0. The first-order chi connectivity index (χ1) is 13.9. The molecule has 0 aliphatic carbocycles. The fourth-order valence-electron chi connectivity index (χ4n) is 3.38. The molecule has 0 fully saturated rings. The van der Waals surface area contributed by atoms with Gasteiger partial charge in [-0.15, -0.1) is 0 Å². The van der Waals surface area contributed by atoms with Gasteiger partial charge >= 0.3 is 5.97 Å². The lowest BCUT2D eigenvalue weighted by Crippen LogP contribution is -2.06. The number of aryl methyl sites for hydroxylation is 1. The molecular formula is C24H24O5. The van der Waals surface area contributed by atoms with Crippen molar-refractivity contribution >= 4 is 22.5 Å². The molecule has 0 heterocycles. The lowest BCUT2D eigenvalue weighted by Gasteiger charge is -2.14. The van der Waals surface area contributed by atoms with E-state index in [0.29, 0.717) is 17.5 Å². The van der Waals surface area contributed by atoms with Gasteiger partial charge in [-0.3, -0.25) is 4.79 Å². The van der Waals surface area contributed by atoms with Gasteiger partial charge in [0.1, 0.15) is 5.75 Å². The molecule has 0 spiro atoms.